The van der Waals surface area contributed by atoms with E-state index in [2.05, 4.69) is 0 Å². The van der Waals surface area contributed by atoms with Crippen LogP contribution < -0.4 is 0 Å². The van der Waals surface area contributed by atoms with Crippen LogP contribution in [0.3, 0.4) is 0 Å². The van der Waals surface area contributed by atoms with Crippen molar-refractivity contribution < 1.29 is 9.59 Å². The third kappa shape index (κ3) is 2.54. The molecular formula is C12H22N2O2. The smallest absolute Gasteiger partial charge is 0.245 e. The molecular weight excluding hydrogens is 204 g/mol. The first-order valence-corrected chi connectivity index (χ1v) is 6.04. The van der Waals surface area contributed by atoms with Crippen molar-refractivity contribution in [2.45, 2.75) is 39.7 Å². The van der Waals surface area contributed by atoms with Crippen molar-refractivity contribution in [3.05, 3.63) is 0 Å². The summed E-state index contributed by atoms with van der Waals surface area (Å²) >= 11 is 0. The normalized spacial score (nSPS) is 20.3. The van der Waals surface area contributed by atoms with Crippen LogP contribution in [0, 0.1) is 5.92 Å². The minimum absolute atomic E-state index is 0.0275. The highest BCUT2D eigenvalue weighted by atomic mass is 16.2. The van der Waals surface area contributed by atoms with E-state index in [1.807, 2.05) is 20.8 Å². The van der Waals surface area contributed by atoms with Crippen LogP contribution >= 0.6 is 0 Å². The SMILES string of the molecule is CCN(C)C(=O)C1CCCN1C(=O)C(C)C. The Morgan fingerprint density at radius 2 is 2.06 bits per heavy atom. The summed E-state index contributed by atoms with van der Waals surface area (Å²) < 4.78 is 0. The minimum atomic E-state index is -0.222. The highest BCUT2D eigenvalue weighted by molar-refractivity contribution is 5.88. The molecule has 0 radical (unpaired) electrons. The third-order valence-electron chi connectivity index (χ3n) is 3.17. The Morgan fingerprint density at radius 3 is 2.56 bits per heavy atom. The first kappa shape index (κ1) is 13.0. The van der Waals surface area contributed by atoms with Crippen LogP contribution in [0.4, 0.5) is 0 Å². The number of nitrogens with zero attached hydrogens (tertiary/aromatic N) is 2. The van der Waals surface area contributed by atoms with E-state index in [0.29, 0.717) is 6.54 Å². The molecule has 1 rings (SSSR count). The number of carbonyl (C=O) groups excluding carboxylic acids is 2. The van der Waals surface area contributed by atoms with Crippen molar-refractivity contribution in [2.24, 2.45) is 5.92 Å². The molecule has 4 heteroatoms. The van der Waals surface area contributed by atoms with Gasteiger partial charge in [-0.2, -0.15) is 0 Å². The number of carbonyl (C=O) groups is 2. The van der Waals surface area contributed by atoms with E-state index in [0.717, 1.165) is 19.4 Å². The van der Waals surface area contributed by atoms with Crippen molar-refractivity contribution in [2.75, 3.05) is 20.1 Å². The van der Waals surface area contributed by atoms with E-state index in [9.17, 15) is 9.59 Å². The fourth-order valence-corrected chi connectivity index (χ4v) is 2.03. The summed E-state index contributed by atoms with van der Waals surface area (Å²) in [5.41, 5.74) is 0. The second-order valence-electron chi connectivity index (χ2n) is 4.70. The number of likely N-dealkylation sites (N-methyl/N-ethyl adjacent to an activating group) is 1. The van der Waals surface area contributed by atoms with Crippen molar-refractivity contribution in [1.29, 1.82) is 0 Å². The molecule has 0 aromatic rings. The summed E-state index contributed by atoms with van der Waals surface area (Å²) in [7, 11) is 1.79. The maximum absolute atomic E-state index is 12.0. The van der Waals surface area contributed by atoms with E-state index in [1.54, 1.807) is 16.8 Å². The lowest BCUT2D eigenvalue weighted by Gasteiger charge is -2.28. The number of hydrogen-bond acceptors (Lipinski definition) is 2. The fraction of sp³-hybridized carbons (Fsp3) is 0.833. The lowest BCUT2D eigenvalue weighted by Crippen LogP contribution is -2.47. The van der Waals surface area contributed by atoms with Crippen LogP contribution in [0.25, 0.3) is 0 Å². The van der Waals surface area contributed by atoms with Gasteiger partial charge in [-0.05, 0) is 19.8 Å². The Balaban J connectivity index is 2.73. The van der Waals surface area contributed by atoms with Gasteiger partial charge in [0.1, 0.15) is 6.04 Å². The minimum Gasteiger partial charge on any atom is -0.344 e. The van der Waals surface area contributed by atoms with Crippen LogP contribution in [0.2, 0.25) is 0 Å². The average molecular weight is 226 g/mol. The van der Waals surface area contributed by atoms with Crippen molar-refractivity contribution in [3.8, 4) is 0 Å². The van der Waals surface area contributed by atoms with Gasteiger partial charge in [0.05, 0.1) is 0 Å². The zero-order valence-corrected chi connectivity index (χ0v) is 10.7. The van der Waals surface area contributed by atoms with Gasteiger partial charge in [0, 0.05) is 26.1 Å². The van der Waals surface area contributed by atoms with Gasteiger partial charge in [-0.1, -0.05) is 13.8 Å². The molecule has 0 N–H and O–H groups in total. The molecule has 1 aliphatic rings. The second kappa shape index (κ2) is 5.32. The molecule has 0 aromatic heterocycles. The summed E-state index contributed by atoms with van der Waals surface area (Å²) in [5, 5.41) is 0. The molecule has 16 heavy (non-hydrogen) atoms. The standard InChI is InChI=1S/C12H22N2O2/c1-5-13(4)12(16)10-7-6-8-14(10)11(15)9(2)3/h9-10H,5-8H2,1-4H3. The first-order valence-electron chi connectivity index (χ1n) is 6.04. The van der Waals surface area contributed by atoms with E-state index in [4.69, 9.17) is 0 Å². The molecule has 0 bridgehead atoms. The average Bonchev–Trinajstić information content (AvgIpc) is 2.74. The van der Waals surface area contributed by atoms with Gasteiger partial charge < -0.3 is 9.80 Å². The van der Waals surface area contributed by atoms with Crippen molar-refractivity contribution in [3.63, 3.8) is 0 Å². The number of amides is 2. The molecule has 4 nitrogen and oxygen atoms in total. The van der Waals surface area contributed by atoms with Crippen LogP contribution in [0.5, 0.6) is 0 Å². The Hall–Kier alpha value is -1.06. The van der Waals surface area contributed by atoms with Gasteiger partial charge in [0.2, 0.25) is 11.8 Å². The fourth-order valence-electron chi connectivity index (χ4n) is 2.03. The zero-order chi connectivity index (χ0) is 12.3. The molecule has 0 aromatic carbocycles. The Morgan fingerprint density at radius 1 is 1.44 bits per heavy atom. The summed E-state index contributed by atoms with van der Waals surface area (Å²) in [6, 6.07) is -0.222. The molecule has 1 saturated heterocycles. The number of hydrogen-bond donors (Lipinski definition) is 0. The monoisotopic (exact) mass is 226 g/mol. The molecule has 1 heterocycles. The molecule has 2 amide bonds. The predicted molar refractivity (Wildman–Crippen MR) is 62.9 cm³/mol. The second-order valence-corrected chi connectivity index (χ2v) is 4.70. The summed E-state index contributed by atoms with van der Waals surface area (Å²) in [5.74, 6) is 0.148. The maximum Gasteiger partial charge on any atom is 0.245 e. The van der Waals surface area contributed by atoms with E-state index in [-0.39, 0.29) is 23.8 Å². The Labute approximate surface area is 97.6 Å². The molecule has 1 aliphatic heterocycles. The Kier molecular flexibility index (Phi) is 4.33. The molecule has 1 atom stereocenters. The van der Waals surface area contributed by atoms with Gasteiger partial charge in [-0.25, -0.2) is 0 Å². The number of rotatable bonds is 3. The van der Waals surface area contributed by atoms with Crippen molar-refractivity contribution >= 4 is 11.8 Å². The summed E-state index contributed by atoms with van der Waals surface area (Å²) in [6.07, 6.45) is 1.74. The Bertz CT molecular complexity index is 276. The summed E-state index contributed by atoms with van der Waals surface area (Å²) in [6.45, 7) is 7.13. The lowest BCUT2D eigenvalue weighted by atomic mass is 10.1. The zero-order valence-electron chi connectivity index (χ0n) is 10.7. The molecule has 0 spiro atoms. The third-order valence-corrected chi connectivity index (χ3v) is 3.17. The highest BCUT2D eigenvalue weighted by Crippen LogP contribution is 2.21. The van der Waals surface area contributed by atoms with E-state index in [1.165, 1.54) is 0 Å². The maximum atomic E-state index is 12.0. The van der Waals surface area contributed by atoms with Gasteiger partial charge in [0.25, 0.3) is 0 Å². The molecule has 92 valence electrons. The van der Waals surface area contributed by atoms with Gasteiger partial charge in [-0.15, -0.1) is 0 Å². The number of likely N-dealkylation sites (tertiary alicyclic amines) is 1. The first-order chi connectivity index (χ1) is 7.49. The van der Waals surface area contributed by atoms with Gasteiger partial charge in [0.15, 0.2) is 0 Å². The van der Waals surface area contributed by atoms with E-state index < -0.39 is 0 Å². The van der Waals surface area contributed by atoms with Gasteiger partial charge in [-0.3, -0.25) is 9.59 Å². The van der Waals surface area contributed by atoms with Crippen LogP contribution in [-0.4, -0.2) is 47.8 Å². The van der Waals surface area contributed by atoms with Crippen LogP contribution in [-0.2, 0) is 9.59 Å². The topological polar surface area (TPSA) is 40.6 Å². The lowest BCUT2D eigenvalue weighted by molar-refractivity contribution is -0.144. The predicted octanol–water partition coefficient (Wildman–Crippen LogP) is 1.11. The summed E-state index contributed by atoms with van der Waals surface area (Å²) in [4.78, 5) is 27.4. The molecule has 1 unspecified atom stereocenters. The van der Waals surface area contributed by atoms with Crippen molar-refractivity contribution in [1.82, 2.24) is 9.80 Å². The molecule has 0 aliphatic carbocycles. The van der Waals surface area contributed by atoms with Crippen LogP contribution in [0.1, 0.15) is 33.6 Å². The van der Waals surface area contributed by atoms with Gasteiger partial charge >= 0.3 is 0 Å². The quantitative estimate of drug-likeness (QED) is 0.723. The highest BCUT2D eigenvalue weighted by Gasteiger charge is 2.35. The van der Waals surface area contributed by atoms with E-state index >= 15 is 0 Å². The largest absolute Gasteiger partial charge is 0.344 e. The molecule has 1 fully saturated rings. The van der Waals surface area contributed by atoms with Crippen LogP contribution in [0.15, 0.2) is 0 Å². The molecule has 0 saturated carbocycles.